The highest BCUT2D eigenvalue weighted by atomic mass is 16.3. The van der Waals surface area contributed by atoms with Crippen LogP contribution in [0.3, 0.4) is 0 Å². The molecule has 0 bridgehead atoms. The van der Waals surface area contributed by atoms with Gasteiger partial charge >= 0.3 is 0 Å². The lowest BCUT2D eigenvalue weighted by atomic mass is 10.0. The van der Waals surface area contributed by atoms with Crippen molar-refractivity contribution in [2.45, 2.75) is 32.9 Å². The Balaban J connectivity index is 2.96. The van der Waals surface area contributed by atoms with Crippen molar-refractivity contribution in [2.75, 3.05) is 25.1 Å². The summed E-state index contributed by atoms with van der Waals surface area (Å²) in [6.45, 7) is 7.91. The van der Waals surface area contributed by atoms with Gasteiger partial charge in [-0.15, -0.1) is 0 Å². The lowest BCUT2D eigenvalue weighted by molar-refractivity contribution is 0.215. The van der Waals surface area contributed by atoms with Crippen LogP contribution >= 0.6 is 0 Å². The average molecular weight is 237 g/mol. The summed E-state index contributed by atoms with van der Waals surface area (Å²) in [4.78, 5) is 6.45. The molecule has 0 aromatic carbocycles. The predicted molar refractivity (Wildman–Crippen MR) is 71.2 cm³/mol. The summed E-state index contributed by atoms with van der Waals surface area (Å²) in [6, 6.07) is 4.00. The molecule has 1 aromatic rings. The monoisotopic (exact) mass is 237 g/mol. The van der Waals surface area contributed by atoms with Crippen molar-refractivity contribution in [2.24, 2.45) is 0 Å². The van der Waals surface area contributed by atoms with Crippen molar-refractivity contribution in [3.63, 3.8) is 0 Å². The van der Waals surface area contributed by atoms with Gasteiger partial charge in [0.1, 0.15) is 5.82 Å². The molecule has 96 valence electrons. The fourth-order valence-electron chi connectivity index (χ4n) is 1.52. The SMILES string of the molecule is CCNCc1cccnc1N(C)C(C)(C)CO. The molecule has 1 heterocycles. The Labute approximate surface area is 104 Å². The number of nitrogens with zero attached hydrogens (tertiary/aromatic N) is 2. The lowest BCUT2D eigenvalue weighted by Crippen LogP contribution is -2.45. The smallest absolute Gasteiger partial charge is 0.133 e. The second kappa shape index (κ2) is 5.98. The third-order valence-corrected chi connectivity index (χ3v) is 3.05. The quantitative estimate of drug-likeness (QED) is 0.785. The van der Waals surface area contributed by atoms with Crippen LogP contribution in [0.5, 0.6) is 0 Å². The van der Waals surface area contributed by atoms with E-state index in [1.54, 1.807) is 6.20 Å². The highest BCUT2D eigenvalue weighted by molar-refractivity contribution is 5.48. The maximum atomic E-state index is 9.41. The Bertz CT molecular complexity index is 352. The zero-order chi connectivity index (χ0) is 12.9. The molecule has 0 unspecified atom stereocenters. The minimum Gasteiger partial charge on any atom is -0.394 e. The molecule has 4 heteroatoms. The van der Waals surface area contributed by atoms with E-state index in [2.05, 4.69) is 23.3 Å². The minimum atomic E-state index is -0.310. The number of hydrogen-bond donors (Lipinski definition) is 2. The number of aliphatic hydroxyl groups is 1. The van der Waals surface area contributed by atoms with Crippen LogP contribution in [0.15, 0.2) is 18.3 Å². The first-order valence-corrected chi connectivity index (χ1v) is 6.02. The Hall–Kier alpha value is -1.13. The molecule has 0 fully saturated rings. The number of aromatic nitrogens is 1. The molecule has 4 nitrogen and oxygen atoms in total. The molecule has 0 aliphatic heterocycles. The van der Waals surface area contributed by atoms with E-state index in [9.17, 15) is 5.11 Å². The van der Waals surface area contributed by atoms with Crippen LogP contribution in [0.2, 0.25) is 0 Å². The number of rotatable bonds is 6. The van der Waals surface area contributed by atoms with Crippen molar-refractivity contribution in [3.05, 3.63) is 23.9 Å². The van der Waals surface area contributed by atoms with Crippen LogP contribution < -0.4 is 10.2 Å². The lowest BCUT2D eigenvalue weighted by Gasteiger charge is -2.36. The molecule has 0 saturated carbocycles. The van der Waals surface area contributed by atoms with Gasteiger partial charge in [0.25, 0.3) is 0 Å². The van der Waals surface area contributed by atoms with Gasteiger partial charge in [-0.25, -0.2) is 4.98 Å². The molecule has 0 aliphatic rings. The minimum absolute atomic E-state index is 0.0979. The van der Waals surface area contributed by atoms with E-state index in [4.69, 9.17) is 0 Å². The van der Waals surface area contributed by atoms with Crippen molar-refractivity contribution in [1.29, 1.82) is 0 Å². The molecule has 2 N–H and O–H groups in total. The van der Waals surface area contributed by atoms with Crippen LogP contribution in [0.4, 0.5) is 5.82 Å². The summed E-state index contributed by atoms with van der Waals surface area (Å²) in [5, 5.41) is 12.7. The maximum absolute atomic E-state index is 9.41. The first-order valence-electron chi connectivity index (χ1n) is 6.02. The molecule has 0 saturated heterocycles. The van der Waals surface area contributed by atoms with E-state index in [0.29, 0.717) is 0 Å². The summed E-state index contributed by atoms with van der Waals surface area (Å²) in [5.74, 6) is 0.924. The van der Waals surface area contributed by atoms with Gasteiger partial charge in [-0.05, 0) is 26.5 Å². The molecule has 17 heavy (non-hydrogen) atoms. The van der Waals surface area contributed by atoms with E-state index < -0.39 is 0 Å². The van der Waals surface area contributed by atoms with E-state index in [0.717, 1.165) is 24.5 Å². The fourth-order valence-corrected chi connectivity index (χ4v) is 1.52. The van der Waals surface area contributed by atoms with Gasteiger partial charge in [-0.1, -0.05) is 13.0 Å². The van der Waals surface area contributed by atoms with Crippen LogP contribution in [0.25, 0.3) is 0 Å². The number of hydrogen-bond acceptors (Lipinski definition) is 4. The normalized spacial score (nSPS) is 11.6. The molecule has 1 rings (SSSR count). The van der Waals surface area contributed by atoms with Gasteiger partial charge in [-0.3, -0.25) is 0 Å². The first kappa shape index (κ1) is 13.9. The average Bonchev–Trinajstić information content (AvgIpc) is 2.35. The Morgan fingerprint density at radius 1 is 1.47 bits per heavy atom. The summed E-state index contributed by atoms with van der Waals surface area (Å²) in [6.07, 6.45) is 1.79. The molecule has 0 radical (unpaired) electrons. The molecule has 1 aromatic heterocycles. The number of anilines is 1. The maximum Gasteiger partial charge on any atom is 0.133 e. The van der Waals surface area contributed by atoms with Gasteiger partial charge < -0.3 is 15.3 Å². The van der Waals surface area contributed by atoms with Gasteiger partial charge in [0.05, 0.1) is 12.1 Å². The standard InChI is InChI=1S/C13H23N3O/c1-5-14-9-11-7-6-8-15-12(11)16(4)13(2,3)10-17/h6-8,14,17H,5,9-10H2,1-4H3. The molecule has 0 aliphatic carbocycles. The highest BCUT2D eigenvalue weighted by Crippen LogP contribution is 2.23. The molecule has 0 atom stereocenters. The highest BCUT2D eigenvalue weighted by Gasteiger charge is 2.25. The van der Waals surface area contributed by atoms with Crippen LogP contribution in [-0.2, 0) is 6.54 Å². The van der Waals surface area contributed by atoms with Gasteiger partial charge in [-0.2, -0.15) is 0 Å². The largest absolute Gasteiger partial charge is 0.394 e. The van der Waals surface area contributed by atoms with E-state index >= 15 is 0 Å². The van der Waals surface area contributed by atoms with Crippen molar-refractivity contribution in [3.8, 4) is 0 Å². The van der Waals surface area contributed by atoms with Crippen LogP contribution in [0.1, 0.15) is 26.3 Å². The summed E-state index contributed by atoms with van der Waals surface area (Å²) in [5.41, 5.74) is 0.841. The Kier molecular flexibility index (Phi) is 4.90. The second-order valence-electron chi connectivity index (χ2n) is 4.80. The number of nitrogens with one attached hydrogen (secondary N) is 1. The zero-order valence-corrected chi connectivity index (χ0v) is 11.2. The number of aliphatic hydroxyl groups excluding tert-OH is 1. The van der Waals surface area contributed by atoms with Gasteiger partial charge in [0, 0.05) is 25.4 Å². The second-order valence-corrected chi connectivity index (χ2v) is 4.80. The van der Waals surface area contributed by atoms with Crippen molar-refractivity contribution >= 4 is 5.82 Å². The van der Waals surface area contributed by atoms with E-state index in [1.807, 2.05) is 31.9 Å². The van der Waals surface area contributed by atoms with Gasteiger partial charge in [0.2, 0.25) is 0 Å². The molecule has 0 spiro atoms. The third kappa shape index (κ3) is 3.41. The Morgan fingerprint density at radius 2 is 2.18 bits per heavy atom. The van der Waals surface area contributed by atoms with E-state index in [1.165, 1.54) is 0 Å². The van der Waals surface area contributed by atoms with Crippen molar-refractivity contribution in [1.82, 2.24) is 10.3 Å². The molecular formula is C13H23N3O. The molecular weight excluding hydrogens is 214 g/mol. The predicted octanol–water partition coefficient (Wildman–Crippen LogP) is 1.40. The number of likely N-dealkylation sites (N-methyl/N-ethyl adjacent to an activating group) is 1. The number of pyridine rings is 1. The first-order chi connectivity index (χ1) is 8.03. The van der Waals surface area contributed by atoms with E-state index in [-0.39, 0.29) is 12.1 Å². The van der Waals surface area contributed by atoms with Gasteiger partial charge in [0.15, 0.2) is 0 Å². The topological polar surface area (TPSA) is 48.4 Å². The Morgan fingerprint density at radius 3 is 2.76 bits per heavy atom. The van der Waals surface area contributed by atoms with Crippen LogP contribution in [-0.4, -0.2) is 35.8 Å². The molecule has 0 amide bonds. The summed E-state index contributed by atoms with van der Waals surface area (Å²) in [7, 11) is 1.97. The third-order valence-electron chi connectivity index (χ3n) is 3.05. The van der Waals surface area contributed by atoms with Crippen molar-refractivity contribution < 1.29 is 5.11 Å². The zero-order valence-electron chi connectivity index (χ0n) is 11.2. The fraction of sp³-hybridized carbons (Fsp3) is 0.615. The summed E-state index contributed by atoms with van der Waals surface area (Å²) < 4.78 is 0. The summed E-state index contributed by atoms with van der Waals surface area (Å²) >= 11 is 0. The van der Waals surface area contributed by atoms with Crippen LogP contribution in [0, 0.1) is 0 Å².